The Morgan fingerprint density at radius 3 is 2.56 bits per heavy atom. The van der Waals surface area contributed by atoms with Gasteiger partial charge in [-0.25, -0.2) is 9.79 Å². The number of hydrogen-bond donors (Lipinski definition) is 1. The van der Waals surface area contributed by atoms with E-state index in [9.17, 15) is 9.59 Å². The molecule has 1 aliphatic carbocycles. The van der Waals surface area contributed by atoms with E-state index < -0.39 is 5.97 Å². The minimum Gasteiger partial charge on any atom is -0.481 e. The molecule has 4 heteroatoms. The van der Waals surface area contributed by atoms with E-state index in [4.69, 9.17) is 5.11 Å². The number of aliphatic carboxylic acids is 1. The molecule has 0 aliphatic heterocycles. The molecule has 2 atom stereocenters. The second-order valence-corrected chi connectivity index (χ2v) is 6.00. The maximum atomic E-state index is 10.8. The van der Waals surface area contributed by atoms with Crippen molar-refractivity contribution in [2.24, 2.45) is 15.8 Å². The van der Waals surface area contributed by atoms with Gasteiger partial charge in [-0.2, -0.15) is 0 Å². The van der Waals surface area contributed by atoms with Crippen molar-refractivity contribution in [1.82, 2.24) is 0 Å². The lowest BCUT2D eigenvalue weighted by molar-refractivity contribution is -0.140. The Morgan fingerprint density at radius 1 is 1.44 bits per heavy atom. The third-order valence-corrected chi connectivity index (χ3v) is 3.24. The molecule has 0 bridgehead atoms. The molecule has 0 aromatic rings. The Balaban J connectivity index is 2.86. The zero-order chi connectivity index (χ0) is 12.4. The van der Waals surface area contributed by atoms with E-state index in [1.807, 2.05) is 6.92 Å². The average molecular weight is 225 g/mol. The third-order valence-electron chi connectivity index (χ3n) is 3.24. The van der Waals surface area contributed by atoms with Crippen LogP contribution in [0.2, 0.25) is 0 Å². The van der Waals surface area contributed by atoms with Crippen LogP contribution in [-0.4, -0.2) is 23.2 Å². The molecule has 0 heterocycles. The molecule has 16 heavy (non-hydrogen) atoms. The van der Waals surface area contributed by atoms with Crippen LogP contribution in [0.15, 0.2) is 4.99 Å². The summed E-state index contributed by atoms with van der Waals surface area (Å²) in [5.74, 6) is -0.783. The van der Waals surface area contributed by atoms with E-state index in [0.717, 1.165) is 12.8 Å². The highest BCUT2D eigenvalue weighted by molar-refractivity contribution is 5.67. The lowest BCUT2D eigenvalue weighted by atomic mass is 9.61. The summed E-state index contributed by atoms with van der Waals surface area (Å²) in [6, 6.07) is -0.0781. The summed E-state index contributed by atoms with van der Waals surface area (Å²) >= 11 is 0. The molecular formula is C12H19NO3. The predicted octanol–water partition coefficient (Wildman–Crippen LogP) is 2.38. The fourth-order valence-corrected chi connectivity index (χ4v) is 3.24. The highest BCUT2D eigenvalue weighted by Gasteiger charge is 2.42. The number of isocyanates is 1. The van der Waals surface area contributed by atoms with Gasteiger partial charge in [-0.05, 0) is 30.1 Å². The number of rotatable bonds is 3. The van der Waals surface area contributed by atoms with Crippen LogP contribution in [0.25, 0.3) is 0 Å². The molecule has 2 unspecified atom stereocenters. The van der Waals surface area contributed by atoms with Gasteiger partial charge in [-0.15, -0.1) is 0 Å². The van der Waals surface area contributed by atoms with Crippen molar-refractivity contribution in [3.63, 3.8) is 0 Å². The van der Waals surface area contributed by atoms with Gasteiger partial charge in [0.1, 0.15) is 0 Å². The Hall–Kier alpha value is -1.15. The lowest BCUT2D eigenvalue weighted by Gasteiger charge is -2.44. The maximum absolute atomic E-state index is 10.8. The highest BCUT2D eigenvalue weighted by atomic mass is 16.4. The molecule has 0 aromatic heterocycles. The van der Waals surface area contributed by atoms with Crippen LogP contribution in [0, 0.1) is 10.8 Å². The van der Waals surface area contributed by atoms with Crippen LogP contribution in [0.3, 0.4) is 0 Å². The smallest absolute Gasteiger partial charge is 0.303 e. The molecule has 90 valence electrons. The second kappa shape index (κ2) is 4.38. The van der Waals surface area contributed by atoms with Crippen molar-refractivity contribution in [2.75, 3.05) is 0 Å². The van der Waals surface area contributed by atoms with Crippen LogP contribution in [0.4, 0.5) is 0 Å². The highest BCUT2D eigenvalue weighted by Crippen LogP contribution is 2.48. The first kappa shape index (κ1) is 12.9. The van der Waals surface area contributed by atoms with Crippen molar-refractivity contribution in [3.05, 3.63) is 0 Å². The molecule has 1 fully saturated rings. The monoisotopic (exact) mass is 225 g/mol. The molecule has 1 aliphatic rings. The molecule has 1 saturated carbocycles. The van der Waals surface area contributed by atoms with E-state index in [1.54, 1.807) is 6.08 Å². The van der Waals surface area contributed by atoms with Gasteiger partial charge in [0, 0.05) is 0 Å². The predicted molar refractivity (Wildman–Crippen MR) is 59.9 cm³/mol. The van der Waals surface area contributed by atoms with E-state index in [-0.39, 0.29) is 23.3 Å². The Labute approximate surface area is 95.8 Å². The van der Waals surface area contributed by atoms with Gasteiger partial charge in [0.05, 0.1) is 12.5 Å². The summed E-state index contributed by atoms with van der Waals surface area (Å²) in [6.07, 6.45) is 4.09. The SMILES string of the molecule is CC1(C)CC(N=C=O)CC(C)(CC(=O)O)C1. The lowest BCUT2D eigenvalue weighted by Crippen LogP contribution is -2.38. The minimum absolute atomic E-state index is 0.0352. The normalized spacial score (nSPS) is 32.8. The standard InChI is InChI=1S/C12H19NO3/c1-11(2)4-9(13-8-14)5-12(3,7-11)6-10(15)16/h9H,4-7H2,1-3H3,(H,15,16). The summed E-state index contributed by atoms with van der Waals surface area (Å²) in [7, 11) is 0. The van der Waals surface area contributed by atoms with Gasteiger partial charge in [0.2, 0.25) is 6.08 Å². The van der Waals surface area contributed by atoms with Gasteiger partial charge < -0.3 is 5.11 Å². The summed E-state index contributed by atoms with van der Waals surface area (Å²) in [5.41, 5.74) is -0.230. The summed E-state index contributed by atoms with van der Waals surface area (Å²) in [5, 5.41) is 8.91. The van der Waals surface area contributed by atoms with E-state index in [2.05, 4.69) is 18.8 Å². The van der Waals surface area contributed by atoms with Crippen molar-refractivity contribution in [1.29, 1.82) is 0 Å². The molecule has 1 N–H and O–H groups in total. The quantitative estimate of drug-likeness (QED) is 0.592. The Morgan fingerprint density at radius 2 is 2.06 bits per heavy atom. The fourth-order valence-electron chi connectivity index (χ4n) is 3.24. The number of hydrogen-bond acceptors (Lipinski definition) is 3. The molecule has 0 aromatic carbocycles. The first-order valence-corrected chi connectivity index (χ1v) is 5.55. The average Bonchev–Trinajstić information content (AvgIpc) is 1.96. The van der Waals surface area contributed by atoms with Gasteiger partial charge in [0.25, 0.3) is 0 Å². The van der Waals surface area contributed by atoms with Crippen molar-refractivity contribution >= 4 is 12.0 Å². The number of nitrogens with zero attached hydrogens (tertiary/aromatic N) is 1. The third kappa shape index (κ3) is 3.46. The summed E-state index contributed by atoms with van der Waals surface area (Å²) < 4.78 is 0. The van der Waals surface area contributed by atoms with Gasteiger partial charge in [-0.3, -0.25) is 4.79 Å². The number of carbonyl (C=O) groups excluding carboxylic acids is 1. The number of carbonyl (C=O) groups is 1. The van der Waals surface area contributed by atoms with Crippen LogP contribution in [0.1, 0.15) is 46.5 Å². The first-order chi connectivity index (χ1) is 7.26. The molecule has 0 amide bonds. The second-order valence-electron chi connectivity index (χ2n) is 6.00. The molecule has 0 radical (unpaired) electrons. The molecular weight excluding hydrogens is 206 g/mol. The first-order valence-electron chi connectivity index (χ1n) is 5.55. The van der Waals surface area contributed by atoms with Crippen molar-refractivity contribution in [3.8, 4) is 0 Å². The topological polar surface area (TPSA) is 66.7 Å². The molecule has 4 nitrogen and oxygen atoms in total. The van der Waals surface area contributed by atoms with Gasteiger partial charge in [0.15, 0.2) is 0 Å². The van der Waals surface area contributed by atoms with E-state index in [0.29, 0.717) is 6.42 Å². The van der Waals surface area contributed by atoms with Crippen LogP contribution >= 0.6 is 0 Å². The number of carboxylic acids is 1. The van der Waals surface area contributed by atoms with E-state index >= 15 is 0 Å². The van der Waals surface area contributed by atoms with Crippen LogP contribution in [-0.2, 0) is 9.59 Å². The van der Waals surface area contributed by atoms with Crippen molar-refractivity contribution < 1.29 is 14.7 Å². The Bertz CT molecular complexity index is 331. The Kier molecular flexibility index (Phi) is 3.54. The number of carboxylic acid groups (broad SMARTS) is 1. The van der Waals surface area contributed by atoms with Crippen molar-refractivity contribution in [2.45, 2.75) is 52.5 Å². The zero-order valence-corrected chi connectivity index (χ0v) is 10.1. The largest absolute Gasteiger partial charge is 0.481 e. The summed E-state index contributed by atoms with van der Waals surface area (Å²) in [4.78, 5) is 24.9. The maximum Gasteiger partial charge on any atom is 0.303 e. The van der Waals surface area contributed by atoms with Crippen LogP contribution in [0.5, 0.6) is 0 Å². The number of aliphatic imine (C=N–C) groups is 1. The minimum atomic E-state index is -0.783. The van der Waals surface area contributed by atoms with Gasteiger partial charge in [-0.1, -0.05) is 20.8 Å². The van der Waals surface area contributed by atoms with Crippen LogP contribution < -0.4 is 0 Å². The zero-order valence-electron chi connectivity index (χ0n) is 10.1. The molecule has 0 saturated heterocycles. The fraction of sp³-hybridized carbons (Fsp3) is 0.833. The molecule has 1 rings (SSSR count). The van der Waals surface area contributed by atoms with E-state index in [1.165, 1.54) is 0 Å². The molecule has 0 spiro atoms. The summed E-state index contributed by atoms with van der Waals surface area (Å²) in [6.45, 7) is 6.16. The van der Waals surface area contributed by atoms with Gasteiger partial charge >= 0.3 is 5.97 Å².